The summed E-state index contributed by atoms with van der Waals surface area (Å²) in [6, 6.07) is 47.3. The SMILES string of the molecule is CC1=C(C#N)C(=C(C#N)C#N)OC1(C)c1ccccc1.O=Cc1ccc(/C=C/c2ccc(N(CCO)CCO)cc2OCCCCO)s1.[C-]#[N+]C1=C(/C=C/c2ccc(/C=C/c3ccc(N(CCO)CCO)cc3OCCCCO)s2)C(C)(c2ccccc2)OC1=C(C#N)C#N. The highest BCUT2D eigenvalue weighted by Gasteiger charge is 2.44. The fourth-order valence-electron chi connectivity index (χ4n) is 10.0. The first-order valence-corrected chi connectivity index (χ1v) is 32.1. The number of benzene rings is 4. The fourth-order valence-corrected chi connectivity index (χ4v) is 11.6. The largest absolute Gasteiger partial charge is 0.493 e. The van der Waals surface area contributed by atoms with Crippen molar-refractivity contribution in [2.75, 3.05) is 88.8 Å². The van der Waals surface area contributed by atoms with Gasteiger partial charge in [0, 0.05) is 94.2 Å². The van der Waals surface area contributed by atoms with Gasteiger partial charge in [-0.25, -0.2) is 4.85 Å². The minimum Gasteiger partial charge on any atom is -0.493 e. The van der Waals surface area contributed by atoms with Crippen molar-refractivity contribution in [3.8, 4) is 41.8 Å². The second-order valence-corrected chi connectivity index (χ2v) is 23.6. The molecule has 6 aromatic rings. The van der Waals surface area contributed by atoms with Crippen molar-refractivity contribution in [2.24, 2.45) is 0 Å². The standard InChI is InChI=1S/C37H36N4O5S.C21H27NO5S.C16H11N3O/c1-37(29-8-4-3-5-9-29)33(35(40-2)36(46-37)28(25-38)26-39)17-16-32-15-14-31(47-32)13-11-27-10-12-30(41(18-21-43)19-22-44)24-34(27)45-23-7-6-20-42;23-11-1-2-14-27-21-15-18(22(9-12-24)10-13-25)5-3-17(21)4-6-19-7-8-20(16-26)28-19;1-11-14(10-19)15(12(8-17)9-18)20-16(11,2)13-6-4-3-5-7-13/h3-5,8-17,24,42-44H,6-7,18-23H2,1H3;3-8,15-16,23-25H,1-2,9-14H2;3-7H,1-2H3/b13-11+,17-16+;6-4+;. The van der Waals surface area contributed by atoms with Crippen LogP contribution < -0.4 is 19.3 Å². The number of hydrogen-bond donors (Lipinski definition) is 6. The number of rotatable bonds is 29. The Kier molecular flexibility index (Phi) is 29.4. The molecular weight excluding hydrogens is 1240 g/mol. The van der Waals surface area contributed by atoms with Crippen LogP contribution >= 0.6 is 22.7 Å². The molecule has 8 rings (SSSR count). The van der Waals surface area contributed by atoms with E-state index >= 15 is 0 Å². The van der Waals surface area contributed by atoms with Crippen molar-refractivity contribution in [3.63, 3.8) is 0 Å². The van der Waals surface area contributed by atoms with Crippen LogP contribution in [0.1, 0.15) is 93.0 Å². The number of allylic oxidation sites excluding steroid dienone is 3. The van der Waals surface area contributed by atoms with Gasteiger partial charge in [-0.05, 0) is 142 Å². The number of anilines is 2. The number of unbranched alkanes of at least 4 members (excludes halogenated alkanes) is 2. The zero-order valence-corrected chi connectivity index (χ0v) is 54.7. The van der Waals surface area contributed by atoms with Crippen molar-refractivity contribution in [1.82, 2.24) is 0 Å². The molecule has 6 N–H and O–H groups in total. The van der Waals surface area contributed by atoms with E-state index in [1.54, 1.807) is 36.5 Å². The summed E-state index contributed by atoms with van der Waals surface area (Å²) in [5, 5.41) is 102. The third-order valence-electron chi connectivity index (χ3n) is 15.2. The van der Waals surface area contributed by atoms with Gasteiger partial charge in [-0.3, -0.25) is 4.79 Å². The molecule has 95 heavy (non-hydrogen) atoms. The van der Waals surface area contributed by atoms with Crippen LogP contribution in [-0.4, -0.2) is 116 Å². The van der Waals surface area contributed by atoms with Gasteiger partial charge >= 0.3 is 0 Å². The zero-order valence-electron chi connectivity index (χ0n) is 53.0. The van der Waals surface area contributed by atoms with E-state index in [4.69, 9.17) is 46.3 Å². The van der Waals surface area contributed by atoms with Crippen LogP contribution in [-0.2, 0) is 20.7 Å². The van der Waals surface area contributed by atoms with Gasteiger partial charge in [0.1, 0.15) is 47.4 Å². The van der Waals surface area contributed by atoms with Crippen LogP contribution in [0.25, 0.3) is 35.2 Å². The van der Waals surface area contributed by atoms with Crippen LogP contribution in [0.15, 0.2) is 172 Å². The number of aldehydes is 1. The van der Waals surface area contributed by atoms with E-state index in [9.17, 15) is 41.0 Å². The molecule has 488 valence electrons. The minimum absolute atomic E-state index is 0.00815. The van der Waals surface area contributed by atoms with Gasteiger partial charge in [0.25, 0.3) is 0 Å². The number of nitriles is 5. The Hall–Kier alpha value is -10.4. The van der Waals surface area contributed by atoms with Crippen molar-refractivity contribution < 1.29 is 54.4 Å². The van der Waals surface area contributed by atoms with Crippen molar-refractivity contribution >= 4 is 70.7 Å². The van der Waals surface area contributed by atoms with Crippen molar-refractivity contribution in [3.05, 3.63) is 226 Å². The van der Waals surface area contributed by atoms with Crippen LogP contribution in [0, 0.1) is 63.2 Å². The van der Waals surface area contributed by atoms with E-state index in [1.165, 1.54) is 11.3 Å². The highest BCUT2D eigenvalue weighted by Crippen LogP contribution is 2.49. The molecule has 0 bridgehead atoms. The minimum atomic E-state index is -1.07. The molecule has 2 aliphatic rings. The number of carbonyl (C=O) groups excluding carboxylic acids is 1. The lowest BCUT2D eigenvalue weighted by Crippen LogP contribution is -2.29. The van der Waals surface area contributed by atoms with Crippen LogP contribution in [0.2, 0.25) is 0 Å². The molecule has 0 fully saturated rings. The second kappa shape index (κ2) is 38.0. The zero-order chi connectivity index (χ0) is 68.6. The van der Waals surface area contributed by atoms with Gasteiger partial charge in [-0.1, -0.05) is 66.7 Å². The number of ether oxygens (including phenoxy) is 4. The summed E-state index contributed by atoms with van der Waals surface area (Å²) in [7, 11) is 0. The lowest BCUT2D eigenvalue weighted by molar-refractivity contribution is 0.0728. The molecule has 21 heteroatoms. The van der Waals surface area contributed by atoms with E-state index in [-0.39, 0.29) is 73.6 Å². The average molecular weight is 1320 g/mol. The van der Waals surface area contributed by atoms with E-state index < -0.39 is 11.2 Å². The summed E-state index contributed by atoms with van der Waals surface area (Å²) in [6.45, 7) is 16.0. The molecule has 2 unspecified atom stereocenters. The summed E-state index contributed by atoms with van der Waals surface area (Å²) in [4.78, 5) is 21.9. The van der Waals surface area contributed by atoms with Gasteiger partial charge in [0.15, 0.2) is 34.6 Å². The van der Waals surface area contributed by atoms with Crippen molar-refractivity contribution in [2.45, 2.75) is 57.7 Å². The van der Waals surface area contributed by atoms with Gasteiger partial charge < -0.3 is 59.4 Å². The summed E-state index contributed by atoms with van der Waals surface area (Å²) < 4.78 is 24.1. The summed E-state index contributed by atoms with van der Waals surface area (Å²) in [5.41, 5.74) is 4.41. The van der Waals surface area contributed by atoms with Crippen LogP contribution in [0.3, 0.4) is 0 Å². The highest BCUT2D eigenvalue weighted by molar-refractivity contribution is 7.14. The van der Waals surface area contributed by atoms with Gasteiger partial charge in [0.05, 0.1) is 56.7 Å². The molecule has 0 saturated heterocycles. The smallest absolute Gasteiger partial charge is 0.237 e. The topological polar surface area (TPSA) is 305 Å². The Morgan fingerprint density at radius 2 is 0.947 bits per heavy atom. The maximum Gasteiger partial charge on any atom is 0.237 e. The first kappa shape index (κ1) is 73.7. The molecule has 19 nitrogen and oxygen atoms in total. The lowest BCUT2D eigenvalue weighted by Gasteiger charge is -2.28. The Morgan fingerprint density at radius 1 is 0.537 bits per heavy atom. The number of thiophene rings is 2. The fraction of sp³-hybridized carbons (Fsp3) is 0.284. The summed E-state index contributed by atoms with van der Waals surface area (Å²) in [5.74, 6) is 1.41. The quantitative estimate of drug-likeness (QED) is 0.0110. The first-order chi connectivity index (χ1) is 46.2. The predicted octanol–water partition coefficient (Wildman–Crippen LogP) is 12.0. The Balaban J connectivity index is 0.000000251. The van der Waals surface area contributed by atoms with Gasteiger partial charge in [0.2, 0.25) is 5.70 Å². The first-order valence-electron chi connectivity index (χ1n) is 30.4. The van der Waals surface area contributed by atoms with Crippen LogP contribution in [0.5, 0.6) is 11.5 Å². The normalized spacial score (nSPS) is 15.4. The van der Waals surface area contributed by atoms with E-state index in [0.717, 1.165) is 61.0 Å². The molecular formula is C74H74N8O11S2. The summed E-state index contributed by atoms with van der Waals surface area (Å²) in [6.07, 6.45) is 15.1. The van der Waals surface area contributed by atoms with Crippen LogP contribution in [0.4, 0.5) is 11.4 Å². The molecule has 2 atom stereocenters. The molecule has 4 aromatic carbocycles. The molecule has 0 amide bonds. The molecule has 0 radical (unpaired) electrons. The number of nitrogens with zero attached hydrogens (tertiary/aromatic N) is 8. The Morgan fingerprint density at radius 3 is 1.35 bits per heavy atom. The number of hydrogen-bond acceptors (Lipinski definition) is 20. The average Bonchev–Trinajstić information content (AvgIpc) is 1.61. The van der Waals surface area contributed by atoms with E-state index in [1.807, 2.05) is 194 Å². The molecule has 4 heterocycles. The number of aliphatic hydroxyl groups excluding tert-OH is 6. The van der Waals surface area contributed by atoms with Gasteiger partial charge in [-0.15, -0.1) is 22.7 Å². The molecule has 0 aliphatic carbocycles. The van der Waals surface area contributed by atoms with Gasteiger partial charge in [-0.2, -0.15) is 26.3 Å². The van der Waals surface area contributed by atoms with E-state index in [0.29, 0.717) is 86.2 Å². The maximum atomic E-state index is 10.8. The molecule has 0 saturated carbocycles. The molecule has 2 aromatic heterocycles. The Labute approximate surface area is 562 Å². The summed E-state index contributed by atoms with van der Waals surface area (Å²) >= 11 is 2.96. The molecule has 2 aliphatic heterocycles. The highest BCUT2D eigenvalue weighted by atomic mass is 32.1. The Bertz CT molecular complexity index is 4030. The second-order valence-electron chi connectivity index (χ2n) is 21.3. The maximum absolute atomic E-state index is 10.8. The predicted molar refractivity (Wildman–Crippen MR) is 368 cm³/mol. The third-order valence-corrected chi connectivity index (χ3v) is 17.2. The monoisotopic (exact) mass is 1310 g/mol. The molecule has 0 spiro atoms. The van der Waals surface area contributed by atoms with Crippen molar-refractivity contribution in [1.29, 1.82) is 26.3 Å². The lowest BCUT2D eigenvalue weighted by atomic mass is 9.87. The number of carbonyl (C=O) groups is 1. The number of aliphatic hydroxyl groups is 6. The third kappa shape index (κ3) is 19.6. The van der Waals surface area contributed by atoms with E-state index in [2.05, 4.69) is 4.85 Å².